The number of aromatic carboxylic acids is 1. The zero-order chi connectivity index (χ0) is 28.0. The predicted octanol–water partition coefficient (Wildman–Crippen LogP) is 6.82. The van der Waals surface area contributed by atoms with Crippen molar-refractivity contribution in [2.24, 2.45) is 0 Å². The molecule has 204 valence electrons. The Kier molecular flexibility index (Phi) is 9.18. The van der Waals surface area contributed by atoms with Gasteiger partial charge >= 0.3 is 5.97 Å². The Labute approximate surface area is 231 Å². The Morgan fingerprint density at radius 3 is 2.41 bits per heavy atom. The number of aryl methyl sites for hydroxylation is 1. The second-order valence-electron chi connectivity index (χ2n) is 10.9. The third-order valence-electron chi connectivity index (χ3n) is 7.24. The SMILES string of the molecule is CCc1cc(-c2ccccc2C(C)OC[C@H](O)CNC(C)(C)Cc2ccc3ccccc3c2)ccc1C(=O)O. The highest BCUT2D eigenvalue weighted by molar-refractivity contribution is 5.90. The number of aliphatic hydroxyl groups excluding tert-OH is 1. The zero-order valence-electron chi connectivity index (χ0n) is 23.3. The van der Waals surface area contributed by atoms with E-state index in [4.69, 9.17) is 4.74 Å². The number of ether oxygens (including phenoxy) is 1. The smallest absolute Gasteiger partial charge is 0.335 e. The Hall–Kier alpha value is -3.51. The molecule has 0 aliphatic rings. The quantitative estimate of drug-likeness (QED) is 0.189. The molecular formula is C34H39NO4. The molecule has 0 saturated heterocycles. The monoisotopic (exact) mass is 525 g/mol. The number of β-amino-alcohol motifs (C(OH)–C–C–N with tert-alkyl or cyclic N) is 1. The summed E-state index contributed by atoms with van der Waals surface area (Å²) < 4.78 is 6.12. The highest BCUT2D eigenvalue weighted by atomic mass is 16.5. The summed E-state index contributed by atoms with van der Waals surface area (Å²) in [6.45, 7) is 8.86. The molecule has 0 aromatic heterocycles. The lowest BCUT2D eigenvalue weighted by molar-refractivity contribution is -0.00397. The van der Waals surface area contributed by atoms with Gasteiger partial charge in [0.25, 0.3) is 0 Å². The van der Waals surface area contributed by atoms with Crippen molar-refractivity contribution < 1.29 is 19.7 Å². The fourth-order valence-corrected chi connectivity index (χ4v) is 5.10. The Bertz CT molecular complexity index is 1430. The first-order valence-corrected chi connectivity index (χ1v) is 13.6. The minimum Gasteiger partial charge on any atom is -0.478 e. The molecule has 5 heteroatoms. The van der Waals surface area contributed by atoms with Crippen LogP contribution in [0.2, 0.25) is 0 Å². The van der Waals surface area contributed by atoms with E-state index in [1.807, 2.05) is 50.2 Å². The van der Waals surface area contributed by atoms with Crippen LogP contribution in [0.1, 0.15) is 60.8 Å². The van der Waals surface area contributed by atoms with Crippen molar-refractivity contribution in [2.45, 2.75) is 58.3 Å². The maximum atomic E-state index is 11.6. The number of carboxylic acid groups (broad SMARTS) is 1. The fraction of sp³-hybridized carbons (Fsp3) is 0.324. The maximum absolute atomic E-state index is 11.6. The topological polar surface area (TPSA) is 78.8 Å². The molecule has 0 radical (unpaired) electrons. The van der Waals surface area contributed by atoms with Crippen molar-refractivity contribution in [3.63, 3.8) is 0 Å². The molecule has 4 rings (SSSR count). The van der Waals surface area contributed by atoms with Crippen molar-refractivity contribution in [3.05, 3.63) is 107 Å². The highest BCUT2D eigenvalue weighted by Crippen LogP contribution is 2.31. The van der Waals surface area contributed by atoms with Crippen LogP contribution in [0.3, 0.4) is 0 Å². The number of hydrogen-bond donors (Lipinski definition) is 3. The fourth-order valence-electron chi connectivity index (χ4n) is 5.10. The van der Waals surface area contributed by atoms with Gasteiger partial charge in [-0.2, -0.15) is 0 Å². The first-order chi connectivity index (χ1) is 18.7. The van der Waals surface area contributed by atoms with Gasteiger partial charge in [-0.15, -0.1) is 0 Å². The van der Waals surface area contributed by atoms with Crippen molar-refractivity contribution in [2.75, 3.05) is 13.2 Å². The second-order valence-corrected chi connectivity index (χ2v) is 10.9. The Morgan fingerprint density at radius 2 is 1.67 bits per heavy atom. The maximum Gasteiger partial charge on any atom is 0.335 e. The minimum absolute atomic E-state index is 0.194. The van der Waals surface area contributed by atoms with Gasteiger partial charge in [0.15, 0.2) is 0 Å². The first kappa shape index (κ1) is 28.5. The molecule has 0 spiro atoms. The first-order valence-electron chi connectivity index (χ1n) is 13.6. The van der Waals surface area contributed by atoms with Crippen molar-refractivity contribution in [1.29, 1.82) is 0 Å². The largest absolute Gasteiger partial charge is 0.478 e. The molecule has 0 bridgehead atoms. The number of benzene rings is 4. The Morgan fingerprint density at radius 1 is 0.949 bits per heavy atom. The van der Waals surface area contributed by atoms with Gasteiger partial charge in [-0.1, -0.05) is 85.8 Å². The van der Waals surface area contributed by atoms with E-state index in [1.165, 1.54) is 16.3 Å². The number of nitrogens with one attached hydrogen (secondary N) is 1. The molecule has 1 unspecified atom stereocenters. The molecule has 0 fully saturated rings. The van der Waals surface area contributed by atoms with Crippen LogP contribution in [0.4, 0.5) is 0 Å². The molecule has 4 aromatic rings. The molecule has 2 atom stereocenters. The third-order valence-corrected chi connectivity index (χ3v) is 7.24. The average Bonchev–Trinajstić information content (AvgIpc) is 2.94. The lowest BCUT2D eigenvalue weighted by atomic mass is 9.93. The molecule has 0 aliphatic carbocycles. The summed E-state index contributed by atoms with van der Waals surface area (Å²) in [6.07, 6.45) is 0.582. The predicted molar refractivity (Wildman–Crippen MR) is 158 cm³/mol. The molecular weight excluding hydrogens is 486 g/mol. The molecule has 0 heterocycles. The van der Waals surface area contributed by atoms with E-state index in [0.29, 0.717) is 18.5 Å². The van der Waals surface area contributed by atoms with Crippen molar-refractivity contribution >= 4 is 16.7 Å². The van der Waals surface area contributed by atoms with Crippen LogP contribution in [0.15, 0.2) is 84.9 Å². The van der Waals surface area contributed by atoms with Crippen LogP contribution >= 0.6 is 0 Å². The lowest BCUT2D eigenvalue weighted by Crippen LogP contribution is -2.46. The average molecular weight is 526 g/mol. The van der Waals surface area contributed by atoms with Crippen LogP contribution in [0.25, 0.3) is 21.9 Å². The van der Waals surface area contributed by atoms with E-state index in [1.54, 1.807) is 6.07 Å². The summed E-state index contributed by atoms with van der Waals surface area (Å²) in [7, 11) is 0. The summed E-state index contributed by atoms with van der Waals surface area (Å²) in [4.78, 5) is 11.6. The van der Waals surface area contributed by atoms with E-state index >= 15 is 0 Å². The summed E-state index contributed by atoms with van der Waals surface area (Å²) in [5.41, 5.74) is 5.16. The van der Waals surface area contributed by atoms with Gasteiger partial charge in [0.2, 0.25) is 0 Å². The van der Waals surface area contributed by atoms with E-state index in [-0.39, 0.29) is 18.2 Å². The molecule has 0 amide bonds. The lowest BCUT2D eigenvalue weighted by Gasteiger charge is -2.28. The number of rotatable bonds is 12. The molecule has 0 saturated carbocycles. The molecule has 39 heavy (non-hydrogen) atoms. The van der Waals surface area contributed by atoms with Gasteiger partial charge in [0.05, 0.1) is 24.4 Å². The number of aliphatic hydroxyl groups is 1. The van der Waals surface area contributed by atoms with Gasteiger partial charge in [-0.3, -0.25) is 0 Å². The summed E-state index contributed by atoms with van der Waals surface area (Å²) in [6, 6.07) is 28.4. The van der Waals surface area contributed by atoms with Crippen LogP contribution in [-0.2, 0) is 17.6 Å². The number of fused-ring (bicyclic) bond motifs is 1. The number of carbonyl (C=O) groups is 1. The van der Waals surface area contributed by atoms with E-state index < -0.39 is 12.1 Å². The zero-order valence-corrected chi connectivity index (χ0v) is 23.3. The second kappa shape index (κ2) is 12.6. The van der Waals surface area contributed by atoms with Gasteiger partial charge in [-0.25, -0.2) is 4.79 Å². The van der Waals surface area contributed by atoms with E-state index in [9.17, 15) is 15.0 Å². The van der Waals surface area contributed by atoms with Crippen LogP contribution < -0.4 is 5.32 Å². The molecule has 4 aromatic carbocycles. The van der Waals surface area contributed by atoms with Gasteiger partial charge < -0.3 is 20.3 Å². The number of carboxylic acids is 1. The van der Waals surface area contributed by atoms with Crippen molar-refractivity contribution in [3.8, 4) is 11.1 Å². The summed E-state index contributed by atoms with van der Waals surface area (Å²) >= 11 is 0. The summed E-state index contributed by atoms with van der Waals surface area (Å²) in [5.74, 6) is -0.911. The van der Waals surface area contributed by atoms with Crippen LogP contribution in [0, 0.1) is 0 Å². The molecule has 3 N–H and O–H groups in total. The summed E-state index contributed by atoms with van der Waals surface area (Å²) in [5, 5.41) is 26.2. The highest BCUT2D eigenvalue weighted by Gasteiger charge is 2.21. The minimum atomic E-state index is -0.911. The van der Waals surface area contributed by atoms with E-state index in [2.05, 4.69) is 61.6 Å². The standard InChI is InChI=1S/C34H39NO4/c1-5-25-19-28(16-17-32(25)33(37)38)31-13-9-8-12-30(31)23(2)39-22-29(36)21-35-34(3,4)20-24-14-15-26-10-6-7-11-27(26)18-24/h6-19,23,29,35-36H,5,20-22H2,1-4H3,(H,37,38)/t23?,29-/m1/s1. The van der Waals surface area contributed by atoms with Crippen LogP contribution in [0.5, 0.6) is 0 Å². The Balaban J connectivity index is 1.35. The number of hydrogen-bond acceptors (Lipinski definition) is 4. The van der Waals surface area contributed by atoms with E-state index in [0.717, 1.165) is 28.7 Å². The normalized spacial score (nSPS) is 13.4. The molecule has 5 nitrogen and oxygen atoms in total. The van der Waals surface area contributed by atoms with Gasteiger partial charge in [-0.05, 0) is 78.3 Å². The van der Waals surface area contributed by atoms with Gasteiger partial charge in [0.1, 0.15) is 0 Å². The van der Waals surface area contributed by atoms with Gasteiger partial charge in [0, 0.05) is 12.1 Å². The van der Waals surface area contributed by atoms with Crippen molar-refractivity contribution in [1.82, 2.24) is 5.32 Å². The van der Waals surface area contributed by atoms with Crippen LogP contribution in [-0.4, -0.2) is 41.0 Å². The molecule has 0 aliphatic heterocycles. The third kappa shape index (κ3) is 7.33.